The monoisotopic (exact) mass is 301 g/mol. The van der Waals surface area contributed by atoms with Crippen molar-refractivity contribution >= 4 is 23.2 Å². The highest BCUT2D eigenvalue weighted by Gasteiger charge is 2.26. The second-order valence-electron chi connectivity index (χ2n) is 5.00. The molecule has 6 heteroatoms. The highest BCUT2D eigenvalue weighted by Crippen LogP contribution is 2.25. The molecule has 0 saturated carbocycles. The summed E-state index contributed by atoms with van der Waals surface area (Å²) in [6.45, 7) is 2.63. The van der Waals surface area contributed by atoms with E-state index < -0.39 is 6.04 Å². The SMILES string of the molecule is Cc1cccc(-c2ncc(C(=O)NC3CCNC3=O)s2)c1. The highest BCUT2D eigenvalue weighted by atomic mass is 32.1. The zero-order valence-corrected chi connectivity index (χ0v) is 12.4. The Morgan fingerprint density at radius 2 is 2.33 bits per heavy atom. The molecule has 0 radical (unpaired) electrons. The van der Waals surface area contributed by atoms with Crippen LogP contribution < -0.4 is 10.6 Å². The lowest BCUT2D eigenvalue weighted by atomic mass is 10.1. The number of hydrogen-bond donors (Lipinski definition) is 2. The fourth-order valence-corrected chi connectivity index (χ4v) is 3.07. The van der Waals surface area contributed by atoms with Gasteiger partial charge in [0.05, 0.1) is 6.20 Å². The summed E-state index contributed by atoms with van der Waals surface area (Å²) in [6, 6.07) is 7.56. The van der Waals surface area contributed by atoms with E-state index >= 15 is 0 Å². The molecule has 0 bridgehead atoms. The number of carbonyl (C=O) groups is 2. The predicted molar refractivity (Wildman–Crippen MR) is 81.2 cm³/mol. The summed E-state index contributed by atoms with van der Waals surface area (Å²) in [6.07, 6.45) is 2.19. The summed E-state index contributed by atoms with van der Waals surface area (Å²) in [7, 11) is 0. The molecule has 2 aromatic rings. The van der Waals surface area contributed by atoms with Gasteiger partial charge in [0.15, 0.2) is 0 Å². The van der Waals surface area contributed by atoms with Gasteiger partial charge in [-0.05, 0) is 19.4 Å². The molecular weight excluding hydrogens is 286 g/mol. The fourth-order valence-electron chi connectivity index (χ4n) is 2.25. The number of amides is 2. The molecule has 2 amide bonds. The van der Waals surface area contributed by atoms with Crippen molar-refractivity contribution in [2.24, 2.45) is 0 Å². The van der Waals surface area contributed by atoms with Gasteiger partial charge in [0, 0.05) is 12.1 Å². The van der Waals surface area contributed by atoms with Gasteiger partial charge < -0.3 is 10.6 Å². The number of thiazole rings is 1. The maximum absolute atomic E-state index is 12.1. The summed E-state index contributed by atoms with van der Waals surface area (Å²) in [5, 5.41) is 6.24. The maximum atomic E-state index is 12.1. The van der Waals surface area contributed by atoms with Gasteiger partial charge in [-0.25, -0.2) is 4.98 Å². The zero-order valence-electron chi connectivity index (χ0n) is 11.6. The molecule has 108 valence electrons. The van der Waals surface area contributed by atoms with Crippen LogP contribution in [-0.2, 0) is 4.79 Å². The molecule has 1 unspecified atom stereocenters. The molecule has 2 heterocycles. The van der Waals surface area contributed by atoms with Gasteiger partial charge in [0.1, 0.15) is 15.9 Å². The smallest absolute Gasteiger partial charge is 0.263 e. The number of nitrogens with one attached hydrogen (secondary N) is 2. The van der Waals surface area contributed by atoms with Crippen molar-refractivity contribution < 1.29 is 9.59 Å². The second kappa shape index (κ2) is 5.65. The maximum Gasteiger partial charge on any atom is 0.263 e. The van der Waals surface area contributed by atoms with Gasteiger partial charge in [-0.2, -0.15) is 0 Å². The standard InChI is InChI=1S/C15H15N3O2S/c1-9-3-2-4-10(7-9)15-17-8-12(21-15)14(20)18-11-5-6-16-13(11)19/h2-4,7-8,11H,5-6H2,1H3,(H,16,19)(H,18,20). The zero-order chi connectivity index (χ0) is 14.8. The van der Waals surface area contributed by atoms with E-state index in [0.717, 1.165) is 16.1 Å². The van der Waals surface area contributed by atoms with Crippen molar-refractivity contribution in [3.8, 4) is 10.6 Å². The van der Waals surface area contributed by atoms with Crippen molar-refractivity contribution in [2.45, 2.75) is 19.4 Å². The first-order valence-electron chi connectivity index (χ1n) is 6.75. The Balaban J connectivity index is 1.75. The van der Waals surface area contributed by atoms with Gasteiger partial charge in [-0.3, -0.25) is 9.59 Å². The normalized spacial score (nSPS) is 17.6. The van der Waals surface area contributed by atoms with Gasteiger partial charge in [0.2, 0.25) is 5.91 Å². The lowest BCUT2D eigenvalue weighted by Gasteiger charge is -2.07. The summed E-state index contributed by atoms with van der Waals surface area (Å²) >= 11 is 1.33. The van der Waals surface area contributed by atoms with Crippen molar-refractivity contribution in [3.63, 3.8) is 0 Å². The van der Waals surface area contributed by atoms with Gasteiger partial charge in [-0.1, -0.05) is 23.8 Å². The first kappa shape index (κ1) is 13.8. The van der Waals surface area contributed by atoms with Gasteiger partial charge in [0.25, 0.3) is 5.91 Å². The third-order valence-electron chi connectivity index (χ3n) is 3.35. The third kappa shape index (κ3) is 2.95. The molecule has 1 fully saturated rings. The number of nitrogens with zero attached hydrogens (tertiary/aromatic N) is 1. The molecule has 1 aliphatic rings. The van der Waals surface area contributed by atoms with Crippen LogP contribution in [0.2, 0.25) is 0 Å². The molecule has 2 N–H and O–H groups in total. The van der Waals surface area contributed by atoms with Gasteiger partial charge >= 0.3 is 0 Å². The Kier molecular flexibility index (Phi) is 3.70. The van der Waals surface area contributed by atoms with Crippen LogP contribution in [0.15, 0.2) is 30.5 Å². The van der Waals surface area contributed by atoms with Crippen molar-refractivity contribution in [1.82, 2.24) is 15.6 Å². The van der Waals surface area contributed by atoms with Crippen LogP contribution in [0.5, 0.6) is 0 Å². The first-order chi connectivity index (χ1) is 10.1. The van der Waals surface area contributed by atoms with Crippen molar-refractivity contribution in [3.05, 3.63) is 40.9 Å². The fraction of sp³-hybridized carbons (Fsp3) is 0.267. The molecular formula is C15H15N3O2S. The van der Waals surface area contributed by atoms with Crippen LogP contribution in [0.25, 0.3) is 10.6 Å². The predicted octanol–water partition coefficient (Wildman–Crippen LogP) is 1.74. The largest absolute Gasteiger partial charge is 0.354 e. The molecule has 0 spiro atoms. The topological polar surface area (TPSA) is 71.1 Å². The van der Waals surface area contributed by atoms with Crippen LogP contribution in [0.3, 0.4) is 0 Å². The van der Waals surface area contributed by atoms with Crippen LogP contribution in [0.1, 0.15) is 21.7 Å². The Bertz CT molecular complexity index is 696. The molecule has 5 nitrogen and oxygen atoms in total. The number of rotatable bonds is 3. The first-order valence-corrected chi connectivity index (χ1v) is 7.56. The minimum atomic E-state index is -0.429. The van der Waals surface area contributed by atoms with Crippen molar-refractivity contribution in [2.75, 3.05) is 6.54 Å². The average Bonchev–Trinajstić information content (AvgIpc) is 3.09. The second-order valence-corrected chi connectivity index (χ2v) is 6.04. The van der Waals surface area contributed by atoms with Crippen molar-refractivity contribution in [1.29, 1.82) is 0 Å². The van der Waals surface area contributed by atoms with E-state index in [1.54, 1.807) is 6.20 Å². The summed E-state index contributed by atoms with van der Waals surface area (Å²) < 4.78 is 0. The summed E-state index contributed by atoms with van der Waals surface area (Å²) in [4.78, 5) is 28.4. The molecule has 21 heavy (non-hydrogen) atoms. The number of carbonyl (C=O) groups excluding carboxylic acids is 2. The van der Waals surface area contributed by atoms with Crippen LogP contribution >= 0.6 is 11.3 Å². The number of aryl methyl sites for hydroxylation is 1. The van der Waals surface area contributed by atoms with Crippen LogP contribution in [0, 0.1) is 6.92 Å². The van der Waals surface area contributed by atoms with Gasteiger partial charge in [-0.15, -0.1) is 11.3 Å². The molecule has 1 aliphatic heterocycles. The lowest BCUT2D eigenvalue weighted by Crippen LogP contribution is -2.39. The highest BCUT2D eigenvalue weighted by molar-refractivity contribution is 7.16. The number of hydrogen-bond acceptors (Lipinski definition) is 4. The molecule has 3 rings (SSSR count). The molecule has 1 atom stereocenters. The lowest BCUT2D eigenvalue weighted by molar-refractivity contribution is -0.120. The molecule has 0 aliphatic carbocycles. The average molecular weight is 301 g/mol. The Morgan fingerprint density at radius 3 is 3.05 bits per heavy atom. The Hall–Kier alpha value is -2.21. The third-order valence-corrected chi connectivity index (χ3v) is 4.39. The minimum Gasteiger partial charge on any atom is -0.354 e. The van der Waals surface area contributed by atoms with Crippen LogP contribution in [-0.4, -0.2) is 29.4 Å². The quantitative estimate of drug-likeness (QED) is 0.907. The summed E-state index contributed by atoms with van der Waals surface area (Å²) in [5.41, 5.74) is 2.15. The Morgan fingerprint density at radius 1 is 1.48 bits per heavy atom. The van der Waals surface area contributed by atoms with E-state index in [-0.39, 0.29) is 11.8 Å². The van der Waals surface area contributed by atoms with E-state index in [1.807, 2.05) is 31.2 Å². The number of aromatic nitrogens is 1. The van der Waals surface area contributed by atoms with Crippen LogP contribution in [0.4, 0.5) is 0 Å². The van der Waals surface area contributed by atoms with E-state index in [4.69, 9.17) is 0 Å². The minimum absolute atomic E-state index is 0.119. The van der Waals surface area contributed by atoms with E-state index in [1.165, 1.54) is 11.3 Å². The molecule has 1 aromatic carbocycles. The van der Waals surface area contributed by atoms with E-state index in [9.17, 15) is 9.59 Å². The van der Waals surface area contributed by atoms with E-state index in [2.05, 4.69) is 15.6 Å². The Labute approximate surface area is 126 Å². The van der Waals surface area contributed by atoms with E-state index in [0.29, 0.717) is 17.8 Å². The molecule has 1 aromatic heterocycles. The number of benzene rings is 1. The summed E-state index contributed by atoms with van der Waals surface area (Å²) in [5.74, 6) is -0.361. The molecule has 1 saturated heterocycles.